The highest BCUT2D eigenvalue weighted by atomic mass is 19.2. The lowest BCUT2D eigenvalue weighted by molar-refractivity contribution is 0.137. The number of benzene rings is 1. The Hall–Kier alpha value is -1.78. The van der Waals surface area contributed by atoms with Crippen LogP contribution in [0.1, 0.15) is 16.8 Å². The maximum absolute atomic E-state index is 13.9. The molecule has 1 heterocycles. The van der Waals surface area contributed by atoms with Gasteiger partial charge in [-0.25, -0.2) is 13.2 Å². The van der Waals surface area contributed by atoms with Crippen molar-refractivity contribution in [1.29, 1.82) is 0 Å². The number of alkyl halides is 3. The van der Waals surface area contributed by atoms with Crippen LogP contribution in [0.25, 0.3) is 10.9 Å². The summed E-state index contributed by atoms with van der Waals surface area (Å²) in [5.41, 5.74) is 2.81. The molecule has 0 aliphatic heterocycles. The van der Waals surface area contributed by atoms with Crippen LogP contribution in [0.2, 0.25) is 0 Å². The average Bonchev–Trinajstić information content (AvgIpc) is 2.49. The monoisotopic (exact) mass is 297 g/mol. The summed E-state index contributed by atoms with van der Waals surface area (Å²) in [6.07, 6.45) is -4.19. The number of methoxy groups -OCH3 is 1. The summed E-state index contributed by atoms with van der Waals surface area (Å²) in [6.45, 7) is 2.30. The first-order valence-corrected chi connectivity index (χ1v) is 6.76. The van der Waals surface area contributed by atoms with E-state index < -0.39 is 19.0 Å². The van der Waals surface area contributed by atoms with Crippen LogP contribution >= 0.6 is 0 Å². The summed E-state index contributed by atoms with van der Waals surface area (Å²) in [6, 6.07) is 5.33. The predicted octanol–water partition coefficient (Wildman–Crippen LogP) is 4.05. The van der Waals surface area contributed by atoms with Crippen molar-refractivity contribution in [1.82, 2.24) is 4.98 Å². The largest absolute Gasteiger partial charge is 0.496 e. The summed E-state index contributed by atoms with van der Waals surface area (Å²) < 4.78 is 44.7. The Morgan fingerprint density at radius 3 is 2.52 bits per heavy atom. The smallest absolute Gasteiger partial charge is 0.160 e. The molecular weight excluding hydrogens is 279 g/mol. The van der Waals surface area contributed by atoms with E-state index in [9.17, 15) is 13.2 Å². The molecule has 2 atom stereocenters. The zero-order valence-corrected chi connectivity index (χ0v) is 12.3. The predicted molar refractivity (Wildman–Crippen MR) is 77.2 cm³/mol. The summed E-state index contributed by atoms with van der Waals surface area (Å²) in [7, 11) is 1.51. The number of halogens is 3. The molecular formula is C16H18F3NO. The van der Waals surface area contributed by atoms with Gasteiger partial charge in [-0.2, -0.15) is 0 Å². The Bertz CT molecular complexity index is 645. The molecule has 2 aromatic rings. The SMILES string of the molecule is COc1cccc2nc(C)c(C)c(CC(F)C(F)CF)c12. The molecule has 2 nitrogen and oxygen atoms in total. The quantitative estimate of drug-likeness (QED) is 0.830. The third kappa shape index (κ3) is 2.96. The lowest BCUT2D eigenvalue weighted by atomic mass is 9.95. The Labute approximate surface area is 121 Å². The second kappa shape index (κ2) is 6.33. The number of rotatable bonds is 5. The maximum Gasteiger partial charge on any atom is 0.160 e. The van der Waals surface area contributed by atoms with E-state index in [1.54, 1.807) is 25.1 Å². The van der Waals surface area contributed by atoms with E-state index in [4.69, 9.17) is 4.74 Å². The van der Waals surface area contributed by atoms with Crippen LogP contribution < -0.4 is 4.74 Å². The average molecular weight is 297 g/mol. The number of ether oxygens (including phenoxy) is 1. The molecule has 0 radical (unpaired) electrons. The molecule has 0 spiro atoms. The highest BCUT2D eigenvalue weighted by Gasteiger charge is 2.24. The van der Waals surface area contributed by atoms with Gasteiger partial charge in [-0.3, -0.25) is 4.98 Å². The zero-order valence-electron chi connectivity index (χ0n) is 12.3. The van der Waals surface area contributed by atoms with Gasteiger partial charge in [0.25, 0.3) is 0 Å². The van der Waals surface area contributed by atoms with Gasteiger partial charge in [0.15, 0.2) is 6.17 Å². The fourth-order valence-corrected chi connectivity index (χ4v) is 2.43. The van der Waals surface area contributed by atoms with Crippen LogP contribution in [0.3, 0.4) is 0 Å². The summed E-state index contributed by atoms with van der Waals surface area (Å²) in [4.78, 5) is 4.45. The fourth-order valence-electron chi connectivity index (χ4n) is 2.43. The van der Waals surface area contributed by atoms with Gasteiger partial charge in [-0.15, -0.1) is 0 Å². The first-order chi connectivity index (χ1) is 9.99. The Morgan fingerprint density at radius 1 is 1.19 bits per heavy atom. The molecule has 5 heteroatoms. The second-order valence-corrected chi connectivity index (χ2v) is 5.05. The lowest BCUT2D eigenvalue weighted by Crippen LogP contribution is -2.22. The van der Waals surface area contributed by atoms with Gasteiger partial charge >= 0.3 is 0 Å². The standard InChI is InChI=1S/C16H18F3NO/c1-9-10(2)20-14-5-4-6-15(21-3)16(14)11(9)7-12(18)13(19)8-17/h4-6,12-13H,7-8H2,1-3H3. The minimum absolute atomic E-state index is 0.197. The van der Waals surface area contributed by atoms with Crippen molar-refractivity contribution < 1.29 is 17.9 Å². The number of aryl methyl sites for hydroxylation is 1. The van der Waals surface area contributed by atoms with Gasteiger partial charge in [-0.1, -0.05) is 6.07 Å². The van der Waals surface area contributed by atoms with Gasteiger partial charge in [0.2, 0.25) is 0 Å². The number of pyridine rings is 1. The van der Waals surface area contributed by atoms with Crippen LogP contribution in [0, 0.1) is 13.8 Å². The molecule has 114 valence electrons. The molecule has 21 heavy (non-hydrogen) atoms. The van der Waals surface area contributed by atoms with Crippen molar-refractivity contribution in [3.8, 4) is 5.75 Å². The van der Waals surface area contributed by atoms with Crippen molar-refractivity contribution in [2.75, 3.05) is 13.8 Å². The number of hydrogen-bond donors (Lipinski definition) is 0. The fraction of sp³-hybridized carbons (Fsp3) is 0.438. The van der Waals surface area contributed by atoms with Crippen LogP contribution in [-0.4, -0.2) is 31.1 Å². The number of nitrogens with zero attached hydrogens (tertiary/aromatic N) is 1. The Morgan fingerprint density at radius 2 is 1.90 bits per heavy atom. The van der Waals surface area contributed by atoms with Gasteiger partial charge in [0.05, 0.1) is 12.6 Å². The van der Waals surface area contributed by atoms with Crippen LogP contribution in [0.15, 0.2) is 18.2 Å². The maximum atomic E-state index is 13.9. The van der Waals surface area contributed by atoms with E-state index in [1.807, 2.05) is 6.92 Å². The highest BCUT2D eigenvalue weighted by Crippen LogP contribution is 2.32. The molecule has 0 amide bonds. The molecule has 2 unspecified atom stereocenters. The van der Waals surface area contributed by atoms with Crippen LogP contribution in [0.4, 0.5) is 13.2 Å². The Kier molecular flexibility index (Phi) is 4.70. The van der Waals surface area contributed by atoms with E-state index >= 15 is 0 Å². The molecule has 0 aliphatic rings. The third-order valence-corrected chi connectivity index (χ3v) is 3.75. The summed E-state index contributed by atoms with van der Waals surface area (Å²) in [5, 5.41) is 0.664. The van der Waals surface area contributed by atoms with E-state index in [0.717, 1.165) is 11.3 Å². The topological polar surface area (TPSA) is 22.1 Å². The van der Waals surface area contributed by atoms with E-state index in [1.165, 1.54) is 7.11 Å². The summed E-state index contributed by atoms with van der Waals surface area (Å²) in [5.74, 6) is 0.556. The van der Waals surface area contributed by atoms with Gasteiger partial charge in [0, 0.05) is 17.5 Å². The minimum atomic E-state index is -2.11. The Balaban J connectivity index is 2.61. The van der Waals surface area contributed by atoms with Gasteiger partial charge in [-0.05, 0) is 37.1 Å². The minimum Gasteiger partial charge on any atom is -0.496 e. The number of fused-ring (bicyclic) bond motifs is 1. The van der Waals surface area contributed by atoms with Crippen molar-refractivity contribution in [2.45, 2.75) is 32.6 Å². The van der Waals surface area contributed by atoms with Crippen LogP contribution in [0.5, 0.6) is 5.75 Å². The second-order valence-electron chi connectivity index (χ2n) is 5.05. The first-order valence-electron chi connectivity index (χ1n) is 6.76. The van der Waals surface area contributed by atoms with Crippen molar-refractivity contribution in [2.24, 2.45) is 0 Å². The number of hydrogen-bond acceptors (Lipinski definition) is 2. The molecule has 0 N–H and O–H groups in total. The van der Waals surface area contributed by atoms with E-state index in [0.29, 0.717) is 22.2 Å². The molecule has 0 saturated heterocycles. The zero-order chi connectivity index (χ0) is 15.6. The highest BCUT2D eigenvalue weighted by molar-refractivity contribution is 5.89. The van der Waals surface area contributed by atoms with Crippen molar-refractivity contribution in [3.05, 3.63) is 35.0 Å². The molecule has 0 bridgehead atoms. The molecule has 0 saturated carbocycles. The van der Waals surface area contributed by atoms with Gasteiger partial charge < -0.3 is 4.74 Å². The van der Waals surface area contributed by atoms with Crippen molar-refractivity contribution in [3.63, 3.8) is 0 Å². The lowest BCUT2D eigenvalue weighted by Gasteiger charge is -2.17. The third-order valence-electron chi connectivity index (χ3n) is 3.75. The van der Waals surface area contributed by atoms with E-state index in [2.05, 4.69) is 4.98 Å². The molecule has 0 aliphatic carbocycles. The first kappa shape index (κ1) is 15.6. The molecule has 2 rings (SSSR count). The molecule has 0 fully saturated rings. The summed E-state index contributed by atoms with van der Waals surface area (Å²) >= 11 is 0. The molecule has 1 aromatic heterocycles. The van der Waals surface area contributed by atoms with E-state index in [-0.39, 0.29) is 6.42 Å². The van der Waals surface area contributed by atoms with Crippen molar-refractivity contribution >= 4 is 10.9 Å². The van der Waals surface area contributed by atoms with Gasteiger partial charge in [0.1, 0.15) is 18.6 Å². The van der Waals surface area contributed by atoms with Crippen LogP contribution in [-0.2, 0) is 6.42 Å². The normalized spacial score (nSPS) is 14.2. The molecule has 1 aromatic carbocycles. The number of aromatic nitrogens is 1.